The molecule has 7 heteroatoms. The second-order valence-electron chi connectivity index (χ2n) is 7.38. The van der Waals surface area contributed by atoms with Gasteiger partial charge in [-0.15, -0.1) is 0 Å². The van der Waals surface area contributed by atoms with Crippen molar-refractivity contribution in [1.29, 1.82) is 0 Å². The Morgan fingerprint density at radius 3 is 2.70 bits per heavy atom. The smallest absolute Gasteiger partial charge is 0.315 e. The molecular formula is C23H27N5O2. The minimum atomic E-state index is -0.184. The second-order valence-corrected chi connectivity index (χ2v) is 7.38. The Kier molecular flexibility index (Phi) is 6.27. The van der Waals surface area contributed by atoms with Crippen molar-refractivity contribution >= 4 is 6.03 Å². The molecule has 30 heavy (non-hydrogen) atoms. The first-order valence-electron chi connectivity index (χ1n) is 10.4. The first-order valence-corrected chi connectivity index (χ1v) is 10.4. The molecule has 0 bridgehead atoms. The Balaban J connectivity index is 1.33. The van der Waals surface area contributed by atoms with Gasteiger partial charge in [0.1, 0.15) is 11.4 Å². The fourth-order valence-corrected chi connectivity index (χ4v) is 3.83. The highest BCUT2D eigenvalue weighted by atomic mass is 16.5. The van der Waals surface area contributed by atoms with E-state index in [1.54, 1.807) is 13.3 Å². The van der Waals surface area contributed by atoms with Gasteiger partial charge in [-0.25, -0.2) is 4.79 Å². The van der Waals surface area contributed by atoms with E-state index in [4.69, 9.17) is 9.84 Å². The molecule has 0 unspecified atom stereocenters. The van der Waals surface area contributed by atoms with E-state index in [-0.39, 0.29) is 6.03 Å². The normalized spacial score (nSPS) is 12.8. The molecule has 1 aliphatic carbocycles. The molecule has 0 aliphatic heterocycles. The summed E-state index contributed by atoms with van der Waals surface area (Å²) in [5.74, 6) is 0.802. The number of nitrogens with zero attached hydrogens (tertiary/aromatic N) is 3. The molecular weight excluding hydrogens is 378 g/mol. The molecule has 0 spiro atoms. The Morgan fingerprint density at radius 1 is 1.10 bits per heavy atom. The van der Waals surface area contributed by atoms with Crippen LogP contribution in [0.3, 0.4) is 0 Å². The number of fused-ring (bicyclic) bond motifs is 1. The third-order valence-electron chi connectivity index (χ3n) is 5.39. The third-order valence-corrected chi connectivity index (χ3v) is 5.39. The van der Waals surface area contributed by atoms with Gasteiger partial charge >= 0.3 is 6.03 Å². The van der Waals surface area contributed by atoms with E-state index in [1.807, 2.05) is 47.1 Å². The van der Waals surface area contributed by atoms with Crippen molar-refractivity contribution in [1.82, 2.24) is 25.4 Å². The van der Waals surface area contributed by atoms with Crippen molar-refractivity contribution in [2.45, 2.75) is 38.8 Å². The molecule has 156 valence electrons. The predicted molar refractivity (Wildman–Crippen MR) is 115 cm³/mol. The minimum absolute atomic E-state index is 0.184. The van der Waals surface area contributed by atoms with Crippen molar-refractivity contribution in [2.24, 2.45) is 0 Å². The monoisotopic (exact) mass is 405 g/mol. The highest BCUT2D eigenvalue weighted by Crippen LogP contribution is 2.30. The van der Waals surface area contributed by atoms with Gasteiger partial charge in [-0.3, -0.25) is 9.67 Å². The van der Waals surface area contributed by atoms with E-state index >= 15 is 0 Å². The van der Waals surface area contributed by atoms with Crippen molar-refractivity contribution in [2.75, 3.05) is 13.7 Å². The standard InChI is InChI=1S/C23H27N5O2/c1-30-18-11-9-17(10-12-18)16-26-23(29)25-14-15-28-21-8-3-2-6-19(21)22(27-28)20-7-4-5-13-24-20/h4-5,7,9-13H,2-3,6,8,14-16H2,1H3,(H2,25,26,29). The summed E-state index contributed by atoms with van der Waals surface area (Å²) in [5.41, 5.74) is 5.51. The largest absolute Gasteiger partial charge is 0.497 e. The van der Waals surface area contributed by atoms with Gasteiger partial charge in [0, 0.05) is 30.5 Å². The van der Waals surface area contributed by atoms with Gasteiger partial charge in [0.2, 0.25) is 0 Å². The molecule has 7 nitrogen and oxygen atoms in total. The maximum Gasteiger partial charge on any atom is 0.315 e. The van der Waals surface area contributed by atoms with Crippen molar-refractivity contribution in [3.05, 3.63) is 65.5 Å². The highest BCUT2D eigenvalue weighted by Gasteiger charge is 2.22. The van der Waals surface area contributed by atoms with Gasteiger partial charge in [0.25, 0.3) is 0 Å². The Morgan fingerprint density at radius 2 is 1.93 bits per heavy atom. The van der Waals surface area contributed by atoms with Crippen LogP contribution in [0.2, 0.25) is 0 Å². The summed E-state index contributed by atoms with van der Waals surface area (Å²) in [6.07, 6.45) is 6.23. The van der Waals surface area contributed by atoms with Gasteiger partial charge in [0.05, 0.1) is 19.3 Å². The zero-order chi connectivity index (χ0) is 20.8. The van der Waals surface area contributed by atoms with Gasteiger partial charge < -0.3 is 15.4 Å². The average Bonchev–Trinajstić information content (AvgIpc) is 3.17. The molecule has 2 N–H and O–H groups in total. The third kappa shape index (κ3) is 4.62. The van der Waals surface area contributed by atoms with E-state index < -0.39 is 0 Å². The number of hydrogen-bond donors (Lipinski definition) is 2. The van der Waals surface area contributed by atoms with Gasteiger partial charge in [-0.2, -0.15) is 5.10 Å². The van der Waals surface area contributed by atoms with Crippen LogP contribution in [0.1, 0.15) is 29.7 Å². The molecule has 0 saturated carbocycles. The number of nitrogens with one attached hydrogen (secondary N) is 2. The summed E-state index contributed by atoms with van der Waals surface area (Å²) < 4.78 is 7.19. The summed E-state index contributed by atoms with van der Waals surface area (Å²) in [6.45, 7) is 1.63. The lowest BCUT2D eigenvalue weighted by Crippen LogP contribution is -2.37. The van der Waals surface area contributed by atoms with E-state index in [2.05, 4.69) is 15.6 Å². The maximum absolute atomic E-state index is 12.2. The zero-order valence-corrected chi connectivity index (χ0v) is 17.2. The zero-order valence-electron chi connectivity index (χ0n) is 17.2. The fraction of sp³-hybridized carbons (Fsp3) is 0.348. The molecule has 0 saturated heterocycles. The molecule has 2 heterocycles. The first kappa shape index (κ1) is 19.9. The fourth-order valence-electron chi connectivity index (χ4n) is 3.83. The molecule has 2 amide bonds. The number of carbonyl (C=O) groups excluding carboxylic acids is 1. The van der Waals surface area contributed by atoms with Crippen LogP contribution >= 0.6 is 0 Å². The lowest BCUT2D eigenvalue weighted by Gasteiger charge is -2.14. The van der Waals surface area contributed by atoms with E-state index in [0.29, 0.717) is 19.6 Å². The number of pyridine rings is 1. The van der Waals surface area contributed by atoms with E-state index in [1.165, 1.54) is 24.1 Å². The van der Waals surface area contributed by atoms with Crippen LogP contribution in [-0.2, 0) is 25.9 Å². The van der Waals surface area contributed by atoms with Gasteiger partial charge in [-0.1, -0.05) is 18.2 Å². The van der Waals surface area contributed by atoms with E-state index in [9.17, 15) is 4.79 Å². The number of benzene rings is 1. The summed E-state index contributed by atoms with van der Waals surface area (Å²) in [7, 11) is 1.64. The van der Waals surface area contributed by atoms with Crippen LogP contribution in [0.5, 0.6) is 5.75 Å². The molecule has 1 aliphatic rings. The summed E-state index contributed by atoms with van der Waals surface area (Å²) in [4.78, 5) is 16.6. The molecule has 0 fully saturated rings. The van der Waals surface area contributed by atoms with Crippen molar-refractivity contribution in [3.8, 4) is 17.1 Å². The predicted octanol–water partition coefficient (Wildman–Crippen LogP) is 3.33. The van der Waals surface area contributed by atoms with Crippen LogP contribution < -0.4 is 15.4 Å². The number of methoxy groups -OCH3 is 1. The number of hydrogen-bond acceptors (Lipinski definition) is 4. The minimum Gasteiger partial charge on any atom is -0.497 e. The van der Waals surface area contributed by atoms with Crippen LogP contribution in [-0.4, -0.2) is 34.5 Å². The molecule has 4 rings (SSSR count). The number of ether oxygens (including phenoxy) is 1. The van der Waals surface area contributed by atoms with Crippen molar-refractivity contribution in [3.63, 3.8) is 0 Å². The number of rotatable bonds is 7. The summed E-state index contributed by atoms with van der Waals surface area (Å²) in [6, 6.07) is 13.4. The molecule has 0 radical (unpaired) electrons. The second kappa shape index (κ2) is 9.43. The molecule has 0 atom stereocenters. The Bertz CT molecular complexity index is 983. The highest BCUT2D eigenvalue weighted by molar-refractivity contribution is 5.73. The first-order chi connectivity index (χ1) is 14.7. The average molecular weight is 406 g/mol. The van der Waals surface area contributed by atoms with Crippen molar-refractivity contribution < 1.29 is 9.53 Å². The molecule has 1 aromatic carbocycles. The molecule has 3 aromatic rings. The SMILES string of the molecule is COc1ccc(CNC(=O)NCCn2nc(-c3ccccn3)c3c2CCCC3)cc1. The summed E-state index contributed by atoms with van der Waals surface area (Å²) in [5, 5.41) is 10.7. The lowest BCUT2D eigenvalue weighted by molar-refractivity contribution is 0.240. The molecule has 2 aromatic heterocycles. The number of aromatic nitrogens is 3. The van der Waals surface area contributed by atoms with Gasteiger partial charge in [-0.05, 0) is 55.5 Å². The topological polar surface area (TPSA) is 81.1 Å². The number of amides is 2. The Labute approximate surface area is 176 Å². The maximum atomic E-state index is 12.2. The number of carbonyl (C=O) groups is 1. The quantitative estimate of drug-likeness (QED) is 0.632. The van der Waals surface area contributed by atoms with Gasteiger partial charge in [0.15, 0.2) is 0 Å². The van der Waals surface area contributed by atoms with Crippen LogP contribution in [0.4, 0.5) is 4.79 Å². The van der Waals surface area contributed by atoms with E-state index in [0.717, 1.165) is 35.5 Å². The lowest BCUT2D eigenvalue weighted by atomic mass is 9.95. The number of urea groups is 1. The van der Waals surface area contributed by atoms with Crippen LogP contribution in [0, 0.1) is 0 Å². The Hall–Kier alpha value is -3.35. The van der Waals surface area contributed by atoms with Crippen LogP contribution in [0.25, 0.3) is 11.4 Å². The van der Waals surface area contributed by atoms with Crippen LogP contribution in [0.15, 0.2) is 48.7 Å². The summed E-state index contributed by atoms with van der Waals surface area (Å²) >= 11 is 0.